The van der Waals surface area contributed by atoms with Crippen molar-refractivity contribution in [1.82, 2.24) is 0 Å². The lowest BCUT2D eigenvalue weighted by atomic mass is 10.1. The van der Waals surface area contributed by atoms with Crippen molar-refractivity contribution in [3.63, 3.8) is 0 Å². The molecule has 2 aromatic rings. The molecule has 0 fully saturated rings. The van der Waals surface area contributed by atoms with E-state index in [-0.39, 0.29) is 12.1 Å². The molecule has 1 heterocycles. The normalized spacial score (nSPS) is 14.4. The van der Waals surface area contributed by atoms with E-state index in [1.165, 1.54) is 0 Å². The molecule has 2 unspecified atom stereocenters. The fourth-order valence-electron chi connectivity index (χ4n) is 1.78. The van der Waals surface area contributed by atoms with Gasteiger partial charge in [-0.2, -0.15) is 11.3 Å². The number of hydrogen-bond acceptors (Lipinski definition) is 3. The molecular formula is C14H16ClNOS. The topological polar surface area (TPSA) is 35.2 Å². The number of nitrogens with two attached hydrogens (primary N) is 1. The van der Waals surface area contributed by atoms with Gasteiger partial charge in [0.25, 0.3) is 0 Å². The Morgan fingerprint density at radius 3 is 2.72 bits per heavy atom. The molecule has 2 nitrogen and oxygen atoms in total. The second kappa shape index (κ2) is 6.34. The van der Waals surface area contributed by atoms with Gasteiger partial charge in [0.2, 0.25) is 0 Å². The number of halogens is 1. The van der Waals surface area contributed by atoms with Gasteiger partial charge in [0.05, 0.1) is 12.7 Å². The number of benzene rings is 1. The molecule has 0 spiro atoms. The summed E-state index contributed by atoms with van der Waals surface area (Å²) in [4.78, 5) is 0. The molecule has 0 radical (unpaired) electrons. The molecule has 1 aromatic carbocycles. The van der Waals surface area contributed by atoms with Crippen LogP contribution in [0.4, 0.5) is 0 Å². The van der Waals surface area contributed by atoms with Crippen LogP contribution in [0.25, 0.3) is 0 Å². The minimum Gasteiger partial charge on any atom is -0.367 e. The van der Waals surface area contributed by atoms with Crippen LogP contribution < -0.4 is 5.73 Å². The van der Waals surface area contributed by atoms with Crippen LogP contribution >= 0.6 is 22.9 Å². The largest absolute Gasteiger partial charge is 0.367 e. The van der Waals surface area contributed by atoms with E-state index in [9.17, 15) is 0 Å². The summed E-state index contributed by atoms with van der Waals surface area (Å²) in [7, 11) is 0. The third kappa shape index (κ3) is 3.33. The van der Waals surface area contributed by atoms with E-state index in [4.69, 9.17) is 22.1 Å². The zero-order valence-corrected chi connectivity index (χ0v) is 11.7. The van der Waals surface area contributed by atoms with Gasteiger partial charge < -0.3 is 10.5 Å². The summed E-state index contributed by atoms with van der Waals surface area (Å²) in [6.07, 6.45) is -0.0903. The molecule has 1 aromatic heterocycles. The van der Waals surface area contributed by atoms with E-state index in [0.717, 1.165) is 16.1 Å². The first kappa shape index (κ1) is 13.6. The lowest BCUT2D eigenvalue weighted by Crippen LogP contribution is -2.26. The predicted molar refractivity (Wildman–Crippen MR) is 77.0 cm³/mol. The Morgan fingerprint density at radius 2 is 2.11 bits per heavy atom. The molecular weight excluding hydrogens is 266 g/mol. The van der Waals surface area contributed by atoms with Crippen molar-refractivity contribution in [2.24, 2.45) is 5.73 Å². The van der Waals surface area contributed by atoms with Crippen LogP contribution in [0.15, 0.2) is 41.1 Å². The first-order chi connectivity index (χ1) is 8.68. The molecule has 0 aliphatic carbocycles. The highest BCUT2D eigenvalue weighted by Crippen LogP contribution is 2.25. The average molecular weight is 282 g/mol. The zero-order valence-electron chi connectivity index (χ0n) is 10.2. The molecule has 0 saturated heterocycles. The van der Waals surface area contributed by atoms with Gasteiger partial charge in [-0.25, -0.2) is 0 Å². The second-order valence-corrected chi connectivity index (χ2v) is 5.43. The molecule has 2 N–H and O–H groups in total. The fourth-order valence-corrected chi connectivity index (χ4v) is 2.66. The molecule has 0 bridgehead atoms. The minimum atomic E-state index is -0.0903. The third-order valence-electron chi connectivity index (χ3n) is 2.73. The number of hydrogen-bond donors (Lipinski definition) is 1. The van der Waals surface area contributed by atoms with Crippen molar-refractivity contribution in [3.8, 4) is 0 Å². The van der Waals surface area contributed by atoms with Gasteiger partial charge in [0.15, 0.2) is 0 Å². The van der Waals surface area contributed by atoms with Crippen LogP contribution in [0.3, 0.4) is 0 Å². The minimum absolute atomic E-state index is 0.0536. The van der Waals surface area contributed by atoms with Gasteiger partial charge in [0.1, 0.15) is 0 Å². The van der Waals surface area contributed by atoms with Crippen molar-refractivity contribution in [3.05, 3.63) is 57.2 Å². The van der Waals surface area contributed by atoms with Gasteiger partial charge >= 0.3 is 0 Å². The molecule has 0 aliphatic rings. The monoisotopic (exact) mass is 281 g/mol. The molecule has 0 amide bonds. The number of rotatable bonds is 5. The fraction of sp³-hybridized carbons (Fsp3) is 0.286. The van der Waals surface area contributed by atoms with E-state index in [2.05, 4.69) is 5.38 Å². The average Bonchev–Trinajstić information content (AvgIpc) is 2.85. The maximum absolute atomic E-state index is 6.10. The molecule has 2 atom stereocenters. The summed E-state index contributed by atoms with van der Waals surface area (Å²) in [5.74, 6) is 0. The van der Waals surface area contributed by atoms with Crippen LogP contribution in [0, 0.1) is 0 Å². The third-order valence-corrected chi connectivity index (χ3v) is 3.80. The van der Waals surface area contributed by atoms with Gasteiger partial charge in [-0.3, -0.25) is 0 Å². The predicted octanol–water partition coefficient (Wildman–Crippen LogP) is 4.01. The smallest absolute Gasteiger partial charge is 0.0985 e. The van der Waals surface area contributed by atoms with E-state index in [0.29, 0.717) is 6.61 Å². The molecule has 0 aliphatic heterocycles. The second-order valence-electron chi connectivity index (χ2n) is 4.24. The lowest BCUT2D eigenvalue weighted by Gasteiger charge is -2.21. The van der Waals surface area contributed by atoms with Crippen LogP contribution in [0.1, 0.15) is 24.2 Å². The van der Waals surface area contributed by atoms with Crippen molar-refractivity contribution < 1.29 is 4.74 Å². The molecule has 4 heteroatoms. The van der Waals surface area contributed by atoms with Crippen LogP contribution in [-0.4, -0.2) is 6.04 Å². The molecule has 96 valence electrons. The maximum Gasteiger partial charge on any atom is 0.0985 e. The van der Waals surface area contributed by atoms with Gasteiger partial charge in [-0.15, -0.1) is 0 Å². The Hall–Kier alpha value is -0.870. The van der Waals surface area contributed by atoms with Crippen molar-refractivity contribution in [1.29, 1.82) is 0 Å². The first-order valence-electron chi connectivity index (χ1n) is 5.81. The van der Waals surface area contributed by atoms with Crippen LogP contribution in [0.5, 0.6) is 0 Å². The van der Waals surface area contributed by atoms with Crippen molar-refractivity contribution in [2.45, 2.75) is 25.7 Å². The van der Waals surface area contributed by atoms with E-state index in [1.807, 2.05) is 42.6 Å². The Labute approximate surface area is 116 Å². The highest BCUT2D eigenvalue weighted by atomic mass is 35.5. The first-order valence-corrected chi connectivity index (χ1v) is 7.13. The summed E-state index contributed by atoms with van der Waals surface area (Å²) < 4.78 is 5.91. The molecule has 2 rings (SSSR count). The van der Waals surface area contributed by atoms with E-state index < -0.39 is 0 Å². The number of ether oxygens (including phenoxy) is 1. The Kier molecular flexibility index (Phi) is 4.78. The van der Waals surface area contributed by atoms with Crippen LogP contribution in [-0.2, 0) is 11.3 Å². The van der Waals surface area contributed by atoms with Gasteiger partial charge in [-0.05, 0) is 40.9 Å². The molecule has 18 heavy (non-hydrogen) atoms. The molecule has 0 saturated carbocycles. The lowest BCUT2D eigenvalue weighted by molar-refractivity contribution is 0.0262. The standard InChI is InChI=1S/C14H16ClNOS/c1-10(16)14(12-6-7-18-9-12)17-8-11-4-2-3-5-13(11)15/h2-7,9-10,14H,8,16H2,1H3. The Morgan fingerprint density at radius 1 is 1.33 bits per heavy atom. The quantitative estimate of drug-likeness (QED) is 0.899. The highest BCUT2D eigenvalue weighted by molar-refractivity contribution is 7.07. The Bertz CT molecular complexity index is 484. The maximum atomic E-state index is 6.10. The van der Waals surface area contributed by atoms with Crippen molar-refractivity contribution in [2.75, 3.05) is 0 Å². The highest BCUT2D eigenvalue weighted by Gasteiger charge is 2.17. The SMILES string of the molecule is CC(N)C(OCc1ccccc1Cl)c1ccsc1. The van der Waals surface area contributed by atoms with Gasteiger partial charge in [-0.1, -0.05) is 29.8 Å². The summed E-state index contributed by atoms with van der Waals surface area (Å²) in [6, 6.07) is 9.69. The summed E-state index contributed by atoms with van der Waals surface area (Å²) in [6.45, 7) is 2.43. The zero-order chi connectivity index (χ0) is 13.0. The van der Waals surface area contributed by atoms with Crippen LogP contribution in [0.2, 0.25) is 5.02 Å². The summed E-state index contributed by atoms with van der Waals surface area (Å²) in [5, 5.41) is 4.83. The van der Waals surface area contributed by atoms with E-state index in [1.54, 1.807) is 11.3 Å². The Balaban J connectivity index is 2.05. The summed E-state index contributed by atoms with van der Waals surface area (Å²) in [5.41, 5.74) is 8.09. The summed E-state index contributed by atoms with van der Waals surface area (Å²) >= 11 is 7.75. The number of thiophene rings is 1. The van der Waals surface area contributed by atoms with Crippen molar-refractivity contribution >= 4 is 22.9 Å². The van der Waals surface area contributed by atoms with Gasteiger partial charge in [0, 0.05) is 11.1 Å². The van der Waals surface area contributed by atoms with E-state index >= 15 is 0 Å².